The van der Waals surface area contributed by atoms with Crippen LogP contribution in [-0.2, 0) is 23.8 Å². The maximum absolute atomic E-state index is 13.4. The molecule has 0 radical (unpaired) electrons. The van der Waals surface area contributed by atoms with Crippen LogP contribution < -0.4 is 0 Å². The summed E-state index contributed by atoms with van der Waals surface area (Å²) in [7, 11) is -6.78. The first-order valence-electron chi connectivity index (χ1n) is 10.3. The van der Waals surface area contributed by atoms with E-state index in [0.717, 1.165) is 25.7 Å². The van der Waals surface area contributed by atoms with Crippen LogP contribution in [0.25, 0.3) is 0 Å². The average Bonchev–Trinajstić information content (AvgIpc) is 2.69. The third-order valence-corrected chi connectivity index (χ3v) is 5.73. The van der Waals surface area contributed by atoms with Gasteiger partial charge in [-0.3, -0.25) is 8.89 Å². The first-order chi connectivity index (χ1) is 15.1. The second-order valence-corrected chi connectivity index (χ2v) is 8.80. The summed E-state index contributed by atoms with van der Waals surface area (Å²) in [5, 5.41) is -6.81. The van der Waals surface area contributed by atoms with Gasteiger partial charge in [-0.25, -0.2) is 0 Å². The van der Waals surface area contributed by atoms with Crippen molar-refractivity contribution in [2.45, 2.75) is 81.6 Å². The zero-order valence-corrected chi connectivity index (χ0v) is 19.3. The molecular formula is C18H30F10O5S. The van der Waals surface area contributed by atoms with Gasteiger partial charge >= 0.3 is 33.4 Å². The third kappa shape index (κ3) is 10.0. The predicted octanol–water partition coefficient (Wildman–Crippen LogP) is 6.08. The molecule has 16 heteroatoms. The van der Waals surface area contributed by atoms with E-state index in [1.807, 2.05) is 0 Å². The summed E-state index contributed by atoms with van der Waals surface area (Å²) in [5.41, 5.74) is 0. The summed E-state index contributed by atoms with van der Waals surface area (Å²) >= 11 is 0. The Kier molecular flexibility index (Phi) is 15.9. The van der Waals surface area contributed by atoms with Crippen LogP contribution in [0.4, 0.5) is 44.2 Å². The number of rotatable bonds is 19. The first kappa shape index (κ1) is 35.3. The second kappa shape index (κ2) is 15.3. The Morgan fingerprint density at radius 1 is 0.588 bits per heavy atom. The van der Waals surface area contributed by atoms with Crippen LogP contribution in [0.5, 0.6) is 0 Å². The van der Waals surface area contributed by atoms with Gasteiger partial charge in [0.1, 0.15) is 0 Å². The van der Waals surface area contributed by atoms with Gasteiger partial charge in [-0.2, -0.15) is 47.9 Å². The molecule has 0 saturated heterocycles. The van der Waals surface area contributed by atoms with Crippen LogP contribution in [-0.4, -0.2) is 64.7 Å². The molecule has 5 nitrogen and oxygen atoms in total. The molecule has 0 aromatic carbocycles. The standard InChI is InChI=1S/C18H29F9O5S.FH/c1-2-3-4-7-10-30-13-14-31-11-8-5-6-9-12-32-33(28,29)18(26,27)16(21,22)15(19,20)17(23,24)25;/h2-14H2,1H3;1H. The lowest BCUT2D eigenvalue weighted by molar-refractivity contribution is -0.382. The summed E-state index contributed by atoms with van der Waals surface area (Å²) in [6.07, 6.45) is -2.01. The van der Waals surface area contributed by atoms with Gasteiger partial charge in [0.2, 0.25) is 0 Å². The summed E-state index contributed by atoms with van der Waals surface area (Å²) in [5.74, 6) is -14.6. The van der Waals surface area contributed by atoms with Gasteiger partial charge in [0.05, 0.1) is 19.8 Å². The molecule has 0 heterocycles. The Hall–Kier alpha value is -0.870. The molecule has 0 saturated carbocycles. The van der Waals surface area contributed by atoms with Crippen molar-refractivity contribution in [1.82, 2.24) is 0 Å². The zero-order valence-electron chi connectivity index (χ0n) is 18.5. The molecule has 0 N–H and O–H groups in total. The highest BCUT2D eigenvalue weighted by Gasteiger charge is 2.85. The molecule has 0 atom stereocenters. The quantitative estimate of drug-likeness (QED) is 0.111. The molecule has 0 aliphatic rings. The molecule has 208 valence electrons. The summed E-state index contributed by atoms with van der Waals surface area (Å²) < 4.78 is 151. The Bertz CT molecular complexity index is 642. The molecule has 0 bridgehead atoms. The highest BCUT2D eigenvalue weighted by molar-refractivity contribution is 7.87. The van der Waals surface area contributed by atoms with E-state index in [1.54, 1.807) is 0 Å². The summed E-state index contributed by atoms with van der Waals surface area (Å²) in [6, 6.07) is 0. The molecule has 34 heavy (non-hydrogen) atoms. The normalized spacial score (nSPS) is 13.7. The van der Waals surface area contributed by atoms with Gasteiger partial charge in [-0.15, -0.1) is 0 Å². The van der Waals surface area contributed by atoms with E-state index in [2.05, 4.69) is 11.1 Å². The highest BCUT2D eigenvalue weighted by Crippen LogP contribution is 2.54. The van der Waals surface area contributed by atoms with Crippen LogP contribution in [0.1, 0.15) is 58.3 Å². The lowest BCUT2D eigenvalue weighted by Gasteiger charge is -2.32. The first-order valence-corrected chi connectivity index (χ1v) is 11.7. The van der Waals surface area contributed by atoms with Gasteiger partial charge in [-0.1, -0.05) is 39.0 Å². The van der Waals surface area contributed by atoms with E-state index in [-0.39, 0.29) is 17.5 Å². The number of ether oxygens (including phenoxy) is 2. The molecular weight excluding hydrogens is 518 g/mol. The van der Waals surface area contributed by atoms with E-state index in [1.165, 1.54) is 0 Å². The van der Waals surface area contributed by atoms with E-state index >= 15 is 0 Å². The van der Waals surface area contributed by atoms with Crippen LogP contribution in [0, 0.1) is 0 Å². The van der Waals surface area contributed by atoms with Crippen molar-refractivity contribution in [3.63, 3.8) is 0 Å². The van der Waals surface area contributed by atoms with Gasteiger partial charge in [0, 0.05) is 13.2 Å². The van der Waals surface area contributed by atoms with Crippen molar-refractivity contribution < 1.29 is 66.3 Å². The van der Waals surface area contributed by atoms with Crippen molar-refractivity contribution in [3.05, 3.63) is 0 Å². The minimum atomic E-state index is -7.31. The van der Waals surface area contributed by atoms with Gasteiger partial charge < -0.3 is 9.47 Å². The SMILES string of the molecule is CCCCCCOCCOCCCCCCOS(=O)(=O)C(F)(F)C(F)(F)C(F)(F)C(F)(F)F.F. The summed E-state index contributed by atoms with van der Waals surface area (Å²) in [4.78, 5) is 0. The largest absolute Gasteiger partial charge is 0.460 e. The van der Waals surface area contributed by atoms with Crippen molar-refractivity contribution in [1.29, 1.82) is 0 Å². The third-order valence-electron chi connectivity index (χ3n) is 4.37. The van der Waals surface area contributed by atoms with Crippen molar-refractivity contribution in [2.24, 2.45) is 0 Å². The predicted molar refractivity (Wildman–Crippen MR) is 103 cm³/mol. The number of hydrogen-bond acceptors (Lipinski definition) is 5. The van der Waals surface area contributed by atoms with Crippen LogP contribution in [0.2, 0.25) is 0 Å². The fourth-order valence-electron chi connectivity index (χ4n) is 2.37. The maximum Gasteiger partial charge on any atom is 0.460 e. The zero-order chi connectivity index (χ0) is 25.8. The van der Waals surface area contributed by atoms with E-state index in [4.69, 9.17) is 9.47 Å². The van der Waals surface area contributed by atoms with Crippen LogP contribution >= 0.6 is 0 Å². The van der Waals surface area contributed by atoms with E-state index < -0.39 is 40.0 Å². The smallest absolute Gasteiger partial charge is 0.379 e. The molecule has 0 aromatic rings. The molecule has 0 unspecified atom stereocenters. The van der Waals surface area contributed by atoms with Crippen LogP contribution in [0.15, 0.2) is 0 Å². The van der Waals surface area contributed by atoms with E-state index in [0.29, 0.717) is 39.3 Å². The van der Waals surface area contributed by atoms with Crippen molar-refractivity contribution >= 4 is 10.1 Å². The van der Waals surface area contributed by atoms with Crippen molar-refractivity contribution in [3.8, 4) is 0 Å². The lowest BCUT2D eigenvalue weighted by atomic mass is 10.1. The number of halogens is 10. The summed E-state index contributed by atoms with van der Waals surface area (Å²) in [6.45, 7) is 2.69. The average molecular weight is 548 g/mol. The number of alkyl halides is 9. The Morgan fingerprint density at radius 2 is 1.00 bits per heavy atom. The molecule has 0 amide bonds. The molecule has 0 aliphatic carbocycles. The second-order valence-electron chi connectivity index (χ2n) is 7.14. The van der Waals surface area contributed by atoms with Gasteiger partial charge in [-0.05, 0) is 19.3 Å². The topological polar surface area (TPSA) is 61.8 Å². The fourth-order valence-corrected chi connectivity index (χ4v) is 3.30. The Labute approximate surface area is 191 Å². The molecule has 0 fully saturated rings. The Morgan fingerprint density at radius 3 is 1.41 bits per heavy atom. The molecule has 0 aliphatic heterocycles. The lowest BCUT2D eigenvalue weighted by Crippen LogP contribution is -2.63. The highest BCUT2D eigenvalue weighted by atomic mass is 32.2. The number of unbranched alkanes of at least 4 members (excludes halogenated alkanes) is 6. The van der Waals surface area contributed by atoms with Gasteiger partial charge in [0.25, 0.3) is 0 Å². The van der Waals surface area contributed by atoms with E-state index in [9.17, 15) is 47.9 Å². The fraction of sp³-hybridized carbons (Fsp3) is 1.00. The van der Waals surface area contributed by atoms with Crippen molar-refractivity contribution in [2.75, 3.05) is 33.0 Å². The van der Waals surface area contributed by atoms with Gasteiger partial charge in [0.15, 0.2) is 0 Å². The molecule has 0 aromatic heterocycles. The minimum Gasteiger partial charge on any atom is -0.379 e. The minimum absolute atomic E-state index is 0. The van der Waals surface area contributed by atoms with Crippen LogP contribution in [0.3, 0.4) is 0 Å². The number of hydrogen-bond donors (Lipinski definition) is 0. The maximum atomic E-state index is 13.4. The molecule has 0 rings (SSSR count). The Balaban J connectivity index is 0. The monoisotopic (exact) mass is 548 g/mol. The molecule has 0 spiro atoms.